The molecule has 0 fully saturated rings. The van der Waals surface area contributed by atoms with Crippen LogP contribution in [0.2, 0.25) is 0 Å². The summed E-state index contributed by atoms with van der Waals surface area (Å²) in [5.74, 6) is -14.7. The molecule has 0 amide bonds. The van der Waals surface area contributed by atoms with Crippen LogP contribution in [-0.2, 0) is 4.31 Å². The minimum absolute atomic E-state index is 0.680. The zero-order chi connectivity index (χ0) is 30.8. The van der Waals surface area contributed by atoms with E-state index in [-0.39, 0.29) is 0 Å². The maximum absolute atomic E-state index is 6.85. The molecule has 232 valence electrons. The molecule has 2 N–H and O–H groups in total. The Labute approximate surface area is 285 Å². The molecule has 31 heteroatoms. The first-order valence-corrected chi connectivity index (χ1v) is 33.8. The van der Waals surface area contributed by atoms with Gasteiger partial charge < -0.3 is 0 Å². The maximum atomic E-state index is 6.85. The molecule has 0 aromatic carbocycles. The largest absolute Gasteiger partial charge is 0.306 e. The van der Waals surface area contributed by atoms with E-state index in [2.05, 4.69) is 46.3 Å². The fourth-order valence-electron chi connectivity index (χ4n) is 2.39. The Kier molecular flexibility index (Phi) is 13.7. The minimum atomic E-state index is -4.19. The number of hydrogen-bond acceptors (Lipinski definition) is 11. The zero-order valence-corrected chi connectivity index (χ0v) is 36.3. The topological polar surface area (TPSA) is 132 Å². The average Bonchev–Trinajstić information content (AvgIpc) is 2.38. The van der Waals surface area contributed by atoms with Gasteiger partial charge in [0.25, 0.3) is 23.6 Å². The van der Waals surface area contributed by atoms with Gasteiger partial charge in [-0.3, -0.25) is 0 Å². The van der Waals surface area contributed by atoms with Gasteiger partial charge in [0.15, 0.2) is 0 Å². The summed E-state index contributed by atoms with van der Waals surface area (Å²) >= 11 is 78.1. The number of nitrogens with zero attached hydrogens (tertiary/aromatic N) is 8. The number of hydrogen-bond donors (Lipinski definition) is 2. The van der Waals surface area contributed by atoms with E-state index in [1.54, 1.807) is 41.5 Å². The summed E-state index contributed by atoms with van der Waals surface area (Å²) in [6, 6.07) is 0. The van der Waals surface area contributed by atoms with Crippen molar-refractivity contribution < 1.29 is 4.31 Å². The van der Waals surface area contributed by atoms with Crippen LogP contribution >= 0.6 is 186 Å². The lowest BCUT2D eigenvalue weighted by atomic mass is 10.1. The molecule has 0 radical (unpaired) electrons. The van der Waals surface area contributed by atoms with Crippen LogP contribution in [0.4, 0.5) is 0 Å². The molecule has 2 heterocycles. The van der Waals surface area contributed by atoms with E-state index in [0.717, 1.165) is 0 Å². The van der Waals surface area contributed by atoms with E-state index in [1.165, 1.54) is 0 Å². The summed E-state index contributed by atoms with van der Waals surface area (Å²) in [7, 11) is 0. The number of rotatable bonds is 4. The van der Waals surface area contributed by atoms with Crippen LogP contribution in [0.5, 0.6) is 0 Å². The minimum Gasteiger partial charge on any atom is -0.248 e. The average molecular weight is 946 g/mol. The standard InChI is InChI=1S/C8H20Cl12N10OP8/c1-7(2,3)21-36(17)25-32(9,10)23-34(13,14)27-38(19,29-36)31-39(20)28-35(15,16)24-33(11,12)26-37(18,30-39)22-8(4,5)6/h21-22H,1-6H3. The lowest BCUT2D eigenvalue weighted by molar-refractivity contribution is 0.528. The Bertz CT molecular complexity index is 1370. The predicted molar refractivity (Wildman–Crippen MR) is 192 cm³/mol. The molecule has 0 aliphatic carbocycles. The zero-order valence-electron chi connectivity index (χ0n) is 20.1. The molecule has 4 atom stereocenters. The molecule has 39 heavy (non-hydrogen) atoms. The van der Waals surface area contributed by atoms with Gasteiger partial charge in [-0.1, -0.05) is 0 Å². The van der Waals surface area contributed by atoms with E-state index in [0.29, 0.717) is 0 Å². The molecule has 0 aromatic heterocycles. The fourth-order valence-corrected chi connectivity index (χ4v) is 49.9. The quantitative estimate of drug-likeness (QED) is 0.272. The van der Waals surface area contributed by atoms with Crippen LogP contribution in [0.3, 0.4) is 0 Å². The summed E-state index contributed by atoms with van der Waals surface area (Å²) in [4.78, 5) is 0. The van der Waals surface area contributed by atoms with E-state index in [4.69, 9.17) is 139 Å². The van der Waals surface area contributed by atoms with Crippen molar-refractivity contribution >= 4 is 186 Å². The Morgan fingerprint density at radius 2 is 0.667 bits per heavy atom. The van der Waals surface area contributed by atoms with Crippen molar-refractivity contribution in [1.29, 1.82) is 0 Å². The second-order valence-corrected chi connectivity index (χ2v) is 42.7. The van der Waals surface area contributed by atoms with Gasteiger partial charge >= 0.3 is 13.6 Å². The van der Waals surface area contributed by atoms with Gasteiger partial charge in [-0.05, 0) is 176 Å². The highest BCUT2D eigenvalue weighted by Crippen LogP contribution is 2.92. The third kappa shape index (κ3) is 14.5. The molecule has 0 aromatic rings. The molecular weight excluding hydrogens is 925 g/mol. The summed E-state index contributed by atoms with van der Waals surface area (Å²) in [5, 5.41) is 6.04. The van der Waals surface area contributed by atoms with Crippen LogP contribution in [0, 0.1) is 0 Å². The van der Waals surface area contributed by atoms with E-state index in [1.807, 2.05) is 0 Å². The molecule has 2 aliphatic heterocycles. The smallest absolute Gasteiger partial charge is 0.248 e. The predicted octanol–water partition coefficient (Wildman–Crippen LogP) is 18.2. The van der Waals surface area contributed by atoms with Crippen molar-refractivity contribution in [3.63, 3.8) is 0 Å². The molecule has 2 aliphatic rings. The Hall–Kier alpha value is 5.20. The molecular formula is C8H20Cl12N10OP8. The molecule has 0 saturated heterocycles. The Balaban J connectivity index is 3.01. The van der Waals surface area contributed by atoms with Gasteiger partial charge in [-0.2, -0.15) is 36.1 Å². The first-order valence-electron chi connectivity index (χ1n) is 9.54. The summed E-state index contributed by atoms with van der Waals surface area (Å²) in [5.41, 5.74) is -1.36. The van der Waals surface area contributed by atoms with Gasteiger partial charge in [0.2, 0.25) is 13.4 Å². The monoisotopic (exact) mass is 940 g/mol. The van der Waals surface area contributed by atoms with Crippen molar-refractivity contribution in [2.75, 3.05) is 0 Å². The van der Waals surface area contributed by atoms with Crippen LogP contribution in [-0.4, -0.2) is 11.1 Å². The van der Waals surface area contributed by atoms with E-state index >= 15 is 0 Å². The summed E-state index contributed by atoms with van der Waals surface area (Å²) < 4.78 is 39.7. The first-order chi connectivity index (χ1) is 16.8. The maximum Gasteiger partial charge on any atom is 0.306 e. The highest BCUT2D eigenvalue weighted by Gasteiger charge is 2.42. The second kappa shape index (κ2) is 13.2. The molecule has 0 saturated carbocycles. The van der Waals surface area contributed by atoms with Crippen LogP contribution in [0.1, 0.15) is 41.5 Å². The van der Waals surface area contributed by atoms with E-state index in [9.17, 15) is 0 Å². The number of halogens is 12. The normalized spacial score (nSPS) is 37.6. The molecule has 11 nitrogen and oxygen atoms in total. The number of nitrogens with one attached hydrogen (secondary N) is 2. The molecule has 2 rings (SSSR count). The van der Waals surface area contributed by atoms with Gasteiger partial charge in [-0.15, -0.1) is 0 Å². The van der Waals surface area contributed by atoms with E-state index < -0.39 is 61.7 Å². The molecule has 0 bridgehead atoms. The van der Waals surface area contributed by atoms with Gasteiger partial charge in [0, 0.05) is 11.1 Å². The Morgan fingerprint density at radius 3 is 0.923 bits per heavy atom. The lowest BCUT2D eigenvalue weighted by Gasteiger charge is -2.31. The van der Waals surface area contributed by atoms with Crippen molar-refractivity contribution in [3.05, 3.63) is 0 Å². The van der Waals surface area contributed by atoms with Crippen molar-refractivity contribution in [2.45, 2.75) is 52.6 Å². The van der Waals surface area contributed by atoms with Crippen LogP contribution in [0.15, 0.2) is 36.1 Å². The highest BCUT2D eigenvalue weighted by molar-refractivity contribution is 8.23. The summed E-state index contributed by atoms with van der Waals surface area (Å²) in [6.07, 6.45) is 0. The third-order valence-electron chi connectivity index (χ3n) is 2.94. The first kappa shape index (κ1) is 40.4. The van der Waals surface area contributed by atoms with Crippen LogP contribution < -0.4 is 10.2 Å². The second-order valence-electron chi connectivity index (χ2n) is 9.34. The van der Waals surface area contributed by atoms with Crippen molar-refractivity contribution in [1.82, 2.24) is 10.2 Å². The van der Waals surface area contributed by atoms with Gasteiger partial charge in [-0.25, -0.2) is 14.5 Å². The van der Waals surface area contributed by atoms with Crippen molar-refractivity contribution in [2.24, 2.45) is 36.1 Å². The Morgan fingerprint density at radius 1 is 0.410 bits per heavy atom. The van der Waals surface area contributed by atoms with Crippen molar-refractivity contribution in [3.8, 4) is 0 Å². The van der Waals surface area contributed by atoms with Gasteiger partial charge in [0.1, 0.15) is 0 Å². The fraction of sp³-hybridized carbons (Fsp3) is 1.00. The van der Waals surface area contributed by atoms with Gasteiger partial charge in [0.05, 0.1) is 0 Å². The lowest BCUT2D eigenvalue weighted by Crippen LogP contribution is -2.31. The molecule has 0 spiro atoms. The SMILES string of the molecule is CC(C)(C)NP1(Cl)=NP(Cl)(Cl)=NP(Cl)(Cl)=NP(Cl)(OP2(Cl)=NP(Cl)(NC(C)(C)C)=NP(Cl)(Cl)=NP(Cl)(Cl)=N2)=N1. The highest BCUT2D eigenvalue weighted by atomic mass is 35.9. The third-order valence-corrected chi connectivity index (χ3v) is 36.9. The van der Waals surface area contributed by atoms with Crippen LogP contribution in [0.25, 0.3) is 0 Å². The molecule has 4 unspecified atom stereocenters. The summed E-state index contributed by atoms with van der Waals surface area (Å²) in [6.45, 7) is -4.95.